The molecule has 1 atom stereocenters. The molecule has 0 amide bonds. The van der Waals surface area contributed by atoms with Crippen LogP contribution in [0.15, 0.2) is 6.07 Å². The minimum Gasteiger partial charge on any atom is -0.478 e. The first kappa shape index (κ1) is 12.1. The van der Waals surface area contributed by atoms with E-state index >= 15 is 0 Å². The molecule has 1 unspecified atom stereocenters. The Hall–Kier alpha value is -1.36. The molecule has 1 fully saturated rings. The predicted octanol–water partition coefficient (Wildman–Crippen LogP) is 1.77. The summed E-state index contributed by atoms with van der Waals surface area (Å²) in [6, 6.07) is 1.84. The Morgan fingerprint density at radius 3 is 3.00 bits per heavy atom. The van der Waals surface area contributed by atoms with Crippen LogP contribution in [0.4, 0.5) is 5.95 Å². The van der Waals surface area contributed by atoms with Crippen molar-refractivity contribution in [3.8, 4) is 5.88 Å². The molecular formula is C12H19N3O2. The summed E-state index contributed by atoms with van der Waals surface area (Å²) in [6.07, 6.45) is 0.967. The molecule has 0 bridgehead atoms. The van der Waals surface area contributed by atoms with Gasteiger partial charge in [-0.1, -0.05) is 0 Å². The largest absolute Gasteiger partial charge is 0.478 e. The number of aromatic nitrogens is 2. The van der Waals surface area contributed by atoms with Gasteiger partial charge in [-0.2, -0.15) is 4.98 Å². The highest BCUT2D eigenvalue weighted by Crippen LogP contribution is 2.23. The summed E-state index contributed by atoms with van der Waals surface area (Å²) in [6.45, 7) is 8.07. The molecule has 2 rings (SSSR count). The molecule has 1 N–H and O–H groups in total. The molecule has 94 valence electrons. The lowest BCUT2D eigenvalue weighted by molar-refractivity contribution is 0.185. The van der Waals surface area contributed by atoms with Gasteiger partial charge in [0, 0.05) is 18.4 Å². The molecule has 1 saturated heterocycles. The van der Waals surface area contributed by atoms with Crippen LogP contribution in [0.1, 0.15) is 26.0 Å². The normalized spacial score (nSPS) is 23.7. The first-order valence-corrected chi connectivity index (χ1v) is 5.96. The Morgan fingerprint density at radius 2 is 2.35 bits per heavy atom. The van der Waals surface area contributed by atoms with Crippen LogP contribution in [0.2, 0.25) is 0 Å². The molecule has 5 nitrogen and oxygen atoms in total. The Bertz CT molecular complexity index is 389. The second kappa shape index (κ2) is 4.87. The van der Waals surface area contributed by atoms with E-state index in [0.717, 1.165) is 18.7 Å². The molecule has 1 aliphatic heterocycles. The minimum atomic E-state index is -0.0721. The van der Waals surface area contributed by atoms with Gasteiger partial charge in [-0.05, 0) is 27.2 Å². The summed E-state index contributed by atoms with van der Waals surface area (Å²) < 4.78 is 10.8. The van der Waals surface area contributed by atoms with Crippen LogP contribution in [0.3, 0.4) is 0 Å². The van der Waals surface area contributed by atoms with Crippen molar-refractivity contribution in [1.82, 2.24) is 9.97 Å². The van der Waals surface area contributed by atoms with Crippen molar-refractivity contribution in [3.05, 3.63) is 11.8 Å². The van der Waals surface area contributed by atoms with Crippen LogP contribution in [-0.4, -0.2) is 35.3 Å². The maximum absolute atomic E-state index is 5.40. The number of aryl methyl sites for hydroxylation is 1. The van der Waals surface area contributed by atoms with Gasteiger partial charge in [0.05, 0.1) is 18.8 Å². The Labute approximate surface area is 102 Å². The van der Waals surface area contributed by atoms with Gasteiger partial charge in [-0.3, -0.25) is 0 Å². The molecule has 2 heterocycles. The number of hydrogen-bond donors (Lipinski definition) is 1. The summed E-state index contributed by atoms with van der Waals surface area (Å²) in [7, 11) is 0. The van der Waals surface area contributed by atoms with Gasteiger partial charge < -0.3 is 14.8 Å². The van der Waals surface area contributed by atoms with Crippen molar-refractivity contribution >= 4 is 5.95 Å². The number of ether oxygens (including phenoxy) is 2. The van der Waals surface area contributed by atoms with Crippen molar-refractivity contribution in [1.29, 1.82) is 0 Å². The van der Waals surface area contributed by atoms with E-state index in [9.17, 15) is 0 Å². The van der Waals surface area contributed by atoms with Gasteiger partial charge in [0.2, 0.25) is 11.8 Å². The zero-order valence-corrected chi connectivity index (χ0v) is 10.6. The van der Waals surface area contributed by atoms with E-state index in [-0.39, 0.29) is 5.54 Å². The Morgan fingerprint density at radius 1 is 1.53 bits per heavy atom. The number of hydrogen-bond acceptors (Lipinski definition) is 5. The molecule has 1 aliphatic rings. The van der Waals surface area contributed by atoms with Crippen molar-refractivity contribution in [2.75, 3.05) is 25.1 Å². The van der Waals surface area contributed by atoms with E-state index in [1.807, 2.05) is 19.9 Å². The van der Waals surface area contributed by atoms with Gasteiger partial charge in [-0.15, -0.1) is 0 Å². The molecule has 0 radical (unpaired) electrons. The number of anilines is 1. The van der Waals surface area contributed by atoms with Crippen LogP contribution in [0, 0.1) is 6.92 Å². The highest BCUT2D eigenvalue weighted by atomic mass is 16.5. The van der Waals surface area contributed by atoms with Gasteiger partial charge in [-0.25, -0.2) is 4.98 Å². The first-order chi connectivity index (χ1) is 8.11. The average Bonchev–Trinajstić information content (AvgIpc) is 2.64. The molecular weight excluding hydrogens is 218 g/mol. The van der Waals surface area contributed by atoms with E-state index < -0.39 is 0 Å². The summed E-state index contributed by atoms with van der Waals surface area (Å²) in [5, 5.41) is 3.33. The van der Waals surface area contributed by atoms with Crippen molar-refractivity contribution in [3.63, 3.8) is 0 Å². The fraction of sp³-hybridized carbons (Fsp3) is 0.667. The lowest BCUT2D eigenvalue weighted by Gasteiger charge is -2.23. The van der Waals surface area contributed by atoms with Crippen LogP contribution < -0.4 is 10.1 Å². The zero-order chi connectivity index (χ0) is 12.3. The van der Waals surface area contributed by atoms with Crippen molar-refractivity contribution in [2.45, 2.75) is 32.7 Å². The Kier molecular flexibility index (Phi) is 3.47. The summed E-state index contributed by atoms with van der Waals surface area (Å²) >= 11 is 0. The first-order valence-electron chi connectivity index (χ1n) is 5.96. The van der Waals surface area contributed by atoms with Crippen LogP contribution in [-0.2, 0) is 4.74 Å². The smallest absolute Gasteiger partial charge is 0.226 e. The third-order valence-corrected chi connectivity index (χ3v) is 2.76. The van der Waals surface area contributed by atoms with E-state index in [1.165, 1.54) is 0 Å². The number of rotatable bonds is 4. The maximum Gasteiger partial charge on any atom is 0.226 e. The predicted molar refractivity (Wildman–Crippen MR) is 65.4 cm³/mol. The van der Waals surface area contributed by atoms with Crippen LogP contribution >= 0.6 is 0 Å². The lowest BCUT2D eigenvalue weighted by atomic mass is 10.0. The summed E-state index contributed by atoms with van der Waals surface area (Å²) in [5.74, 6) is 1.23. The fourth-order valence-corrected chi connectivity index (χ4v) is 1.85. The quantitative estimate of drug-likeness (QED) is 0.865. The maximum atomic E-state index is 5.40. The van der Waals surface area contributed by atoms with Crippen molar-refractivity contribution < 1.29 is 9.47 Å². The minimum absolute atomic E-state index is 0.0721. The van der Waals surface area contributed by atoms with Gasteiger partial charge in [0.1, 0.15) is 0 Å². The molecule has 1 aromatic heterocycles. The lowest BCUT2D eigenvalue weighted by Crippen LogP contribution is -2.35. The standard InChI is InChI=1S/C12H19N3O2/c1-4-17-10-7-9(2)13-11(14-10)15-12(3)5-6-16-8-12/h7H,4-6,8H2,1-3H3,(H,13,14,15). The third-order valence-electron chi connectivity index (χ3n) is 2.76. The molecule has 1 aromatic rings. The zero-order valence-electron chi connectivity index (χ0n) is 10.6. The highest BCUT2D eigenvalue weighted by molar-refractivity contribution is 5.34. The van der Waals surface area contributed by atoms with Crippen molar-refractivity contribution in [2.24, 2.45) is 0 Å². The van der Waals surface area contributed by atoms with Gasteiger partial charge in [0.25, 0.3) is 0 Å². The van der Waals surface area contributed by atoms with Crippen LogP contribution in [0.25, 0.3) is 0 Å². The molecule has 0 saturated carbocycles. The van der Waals surface area contributed by atoms with E-state index in [0.29, 0.717) is 25.0 Å². The second-order valence-electron chi connectivity index (χ2n) is 4.59. The summed E-state index contributed by atoms with van der Waals surface area (Å²) in [4.78, 5) is 8.70. The molecule has 0 aromatic carbocycles. The SMILES string of the molecule is CCOc1cc(C)nc(NC2(C)CCOC2)n1. The third kappa shape index (κ3) is 3.06. The second-order valence-corrected chi connectivity index (χ2v) is 4.59. The average molecular weight is 237 g/mol. The molecule has 5 heteroatoms. The molecule has 0 aliphatic carbocycles. The van der Waals surface area contributed by atoms with Gasteiger partial charge in [0.15, 0.2) is 0 Å². The van der Waals surface area contributed by atoms with E-state index in [4.69, 9.17) is 9.47 Å². The van der Waals surface area contributed by atoms with Gasteiger partial charge >= 0.3 is 0 Å². The van der Waals surface area contributed by atoms with Crippen LogP contribution in [0.5, 0.6) is 5.88 Å². The van der Waals surface area contributed by atoms with E-state index in [2.05, 4.69) is 22.2 Å². The Balaban J connectivity index is 2.14. The number of nitrogens with zero attached hydrogens (tertiary/aromatic N) is 2. The highest BCUT2D eigenvalue weighted by Gasteiger charge is 2.30. The molecule has 0 spiro atoms. The topological polar surface area (TPSA) is 56.3 Å². The fourth-order valence-electron chi connectivity index (χ4n) is 1.85. The molecule has 17 heavy (non-hydrogen) atoms. The number of nitrogens with one attached hydrogen (secondary N) is 1. The van der Waals surface area contributed by atoms with E-state index in [1.54, 1.807) is 0 Å². The monoisotopic (exact) mass is 237 g/mol. The summed E-state index contributed by atoms with van der Waals surface area (Å²) in [5.41, 5.74) is 0.825.